The molecule has 0 atom stereocenters. The maximum Gasteiger partial charge on any atom is 0.138 e. The maximum atomic E-state index is 5.27. The van der Waals surface area contributed by atoms with Crippen LogP contribution < -0.4 is 10.1 Å². The molecule has 1 N–H and O–H groups in total. The first-order valence-electron chi connectivity index (χ1n) is 9.15. The summed E-state index contributed by atoms with van der Waals surface area (Å²) in [6.07, 6.45) is 3.39. The Labute approximate surface area is 167 Å². The van der Waals surface area contributed by atoms with Crippen molar-refractivity contribution in [3.63, 3.8) is 0 Å². The first-order valence-corrected chi connectivity index (χ1v) is 10.0. The van der Waals surface area contributed by atoms with Gasteiger partial charge in [0.1, 0.15) is 34.9 Å². The number of methoxy groups -OCH3 is 1. The lowest BCUT2D eigenvalue weighted by Gasteiger charge is -2.11. The summed E-state index contributed by atoms with van der Waals surface area (Å²) in [5.74, 6) is 3.01. The highest BCUT2D eigenvalue weighted by molar-refractivity contribution is 7.17. The highest BCUT2D eigenvalue weighted by atomic mass is 32.1. The summed E-state index contributed by atoms with van der Waals surface area (Å²) in [5.41, 5.74) is 2.24. The molecule has 0 aliphatic heterocycles. The number of rotatable bonds is 7. The molecule has 0 spiro atoms. The predicted octanol–water partition coefficient (Wildman–Crippen LogP) is 4.19. The van der Waals surface area contributed by atoms with E-state index in [0.717, 1.165) is 51.8 Å². The summed E-state index contributed by atoms with van der Waals surface area (Å²) in [6, 6.07) is 8.05. The number of thiophene rings is 1. The molecule has 0 unspecified atom stereocenters. The molecule has 0 saturated carbocycles. The van der Waals surface area contributed by atoms with E-state index < -0.39 is 0 Å². The quantitative estimate of drug-likeness (QED) is 0.506. The summed E-state index contributed by atoms with van der Waals surface area (Å²) < 4.78 is 7.34. The van der Waals surface area contributed by atoms with E-state index in [2.05, 4.69) is 61.4 Å². The molecule has 0 saturated heterocycles. The fourth-order valence-corrected chi connectivity index (χ4v) is 4.09. The van der Waals surface area contributed by atoms with Crippen molar-refractivity contribution < 1.29 is 4.74 Å². The van der Waals surface area contributed by atoms with Gasteiger partial charge in [0, 0.05) is 30.0 Å². The zero-order chi connectivity index (χ0) is 19.5. The number of hydrogen-bond donors (Lipinski definition) is 1. The minimum absolute atomic E-state index is 0.340. The van der Waals surface area contributed by atoms with E-state index in [4.69, 9.17) is 4.74 Å². The number of ether oxygens (including phenoxy) is 1. The average Bonchev–Trinajstić information content (AvgIpc) is 3.35. The molecule has 28 heavy (non-hydrogen) atoms. The standard InChI is InChI=1S/C20H22N6OS/c1-13(2)19-25-24-12-26(19)9-8-21-18-17-16(10-28-20(17)23-11-22-18)14-4-6-15(27-3)7-5-14/h4-7,10-13H,8-9H2,1-3H3,(H,21,22,23). The number of fused-ring (bicyclic) bond motifs is 1. The summed E-state index contributed by atoms with van der Waals surface area (Å²) in [4.78, 5) is 9.90. The van der Waals surface area contributed by atoms with Crippen molar-refractivity contribution in [1.82, 2.24) is 24.7 Å². The van der Waals surface area contributed by atoms with Gasteiger partial charge in [-0.25, -0.2) is 9.97 Å². The van der Waals surface area contributed by atoms with Crippen LogP contribution in [0.2, 0.25) is 0 Å². The minimum Gasteiger partial charge on any atom is -0.497 e. The van der Waals surface area contributed by atoms with Gasteiger partial charge < -0.3 is 14.6 Å². The van der Waals surface area contributed by atoms with Crippen LogP contribution in [0.15, 0.2) is 42.3 Å². The Morgan fingerprint density at radius 3 is 2.75 bits per heavy atom. The molecule has 4 aromatic rings. The lowest BCUT2D eigenvalue weighted by molar-refractivity contribution is 0.415. The molecule has 0 fully saturated rings. The lowest BCUT2D eigenvalue weighted by Crippen LogP contribution is -2.14. The monoisotopic (exact) mass is 394 g/mol. The molecule has 0 amide bonds. The number of nitrogens with one attached hydrogen (secondary N) is 1. The number of benzene rings is 1. The minimum atomic E-state index is 0.340. The smallest absolute Gasteiger partial charge is 0.138 e. The Morgan fingerprint density at radius 1 is 1.18 bits per heavy atom. The molecule has 3 heterocycles. The summed E-state index contributed by atoms with van der Waals surface area (Å²) >= 11 is 1.62. The van der Waals surface area contributed by atoms with Crippen LogP contribution in [0.5, 0.6) is 5.75 Å². The molecular formula is C20H22N6OS. The third-order valence-corrected chi connectivity index (χ3v) is 5.46. The highest BCUT2D eigenvalue weighted by Gasteiger charge is 2.14. The van der Waals surface area contributed by atoms with Crippen LogP contribution in [0, 0.1) is 0 Å². The summed E-state index contributed by atoms with van der Waals surface area (Å²) in [5, 5.41) is 14.9. The molecule has 0 aliphatic rings. The Kier molecular flexibility index (Phi) is 5.21. The Bertz CT molecular complexity index is 1070. The third kappa shape index (κ3) is 3.55. The Hall–Kier alpha value is -3.00. The van der Waals surface area contributed by atoms with Crippen LogP contribution >= 0.6 is 11.3 Å². The van der Waals surface area contributed by atoms with Gasteiger partial charge in [-0.05, 0) is 17.7 Å². The van der Waals surface area contributed by atoms with Crippen LogP contribution in [0.1, 0.15) is 25.6 Å². The molecule has 8 heteroatoms. The number of nitrogens with zero attached hydrogens (tertiary/aromatic N) is 5. The second-order valence-corrected chi connectivity index (χ2v) is 7.60. The van der Waals surface area contributed by atoms with Gasteiger partial charge in [0.25, 0.3) is 0 Å². The summed E-state index contributed by atoms with van der Waals surface area (Å²) in [7, 11) is 1.67. The van der Waals surface area contributed by atoms with Gasteiger partial charge in [0.05, 0.1) is 12.5 Å². The van der Waals surface area contributed by atoms with E-state index in [1.807, 2.05) is 12.1 Å². The normalized spacial score (nSPS) is 11.3. The zero-order valence-electron chi connectivity index (χ0n) is 16.1. The van der Waals surface area contributed by atoms with Crippen LogP contribution in [0.25, 0.3) is 21.3 Å². The second-order valence-electron chi connectivity index (χ2n) is 6.74. The van der Waals surface area contributed by atoms with Crippen molar-refractivity contribution in [3.8, 4) is 16.9 Å². The van der Waals surface area contributed by atoms with Gasteiger partial charge in [-0.1, -0.05) is 26.0 Å². The van der Waals surface area contributed by atoms with Crippen molar-refractivity contribution >= 4 is 27.4 Å². The molecular weight excluding hydrogens is 372 g/mol. The fraction of sp³-hybridized carbons (Fsp3) is 0.300. The molecule has 144 valence electrons. The van der Waals surface area contributed by atoms with Gasteiger partial charge in [-0.3, -0.25) is 0 Å². The topological polar surface area (TPSA) is 77.8 Å². The SMILES string of the molecule is COc1ccc(-c2csc3ncnc(NCCn4cnnc4C(C)C)c23)cc1. The largest absolute Gasteiger partial charge is 0.497 e. The molecule has 1 aromatic carbocycles. The molecule has 0 aliphatic carbocycles. The predicted molar refractivity (Wildman–Crippen MR) is 112 cm³/mol. The van der Waals surface area contributed by atoms with E-state index in [0.29, 0.717) is 5.92 Å². The molecule has 4 rings (SSSR count). The van der Waals surface area contributed by atoms with Gasteiger partial charge in [0.15, 0.2) is 0 Å². The van der Waals surface area contributed by atoms with E-state index in [1.54, 1.807) is 31.1 Å². The second kappa shape index (κ2) is 7.93. The fourth-order valence-electron chi connectivity index (χ4n) is 3.17. The van der Waals surface area contributed by atoms with Crippen LogP contribution in [0.4, 0.5) is 5.82 Å². The summed E-state index contributed by atoms with van der Waals surface area (Å²) in [6.45, 7) is 5.73. The third-order valence-electron chi connectivity index (χ3n) is 4.58. The van der Waals surface area contributed by atoms with Crippen LogP contribution in [-0.2, 0) is 6.54 Å². The van der Waals surface area contributed by atoms with Gasteiger partial charge in [0.2, 0.25) is 0 Å². The van der Waals surface area contributed by atoms with Crippen LogP contribution in [0.3, 0.4) is 0 Å². The maximum absolute atomic E-state index is 5.27. The highest BCUT2D eigenvalue weighted by Crippen LogP contribution is 2.36. The number of anilines is 1. The van der Waals surface area contributed by atoms with Crippen molar-refractivity contribution in [2.75, 3.05) is 19.0 Å². The molecule has 7 nitrogen and oxygen atoms in total. The van der Waals surface area contributed by atoms with Crippen molar-refractivity contribution in [2.45, 2.75) is 26.3 Å². The lowest BCUT2D eigenvalue weighted by atomic mass is 10.1. The van der Waals surface area contributed by atoms with Gasteiger partial charge in [-0.2, -0.15) is 0 Å². The molecule has 0 bridgehead atoms. The molecule has 3 aromatic heterocycles. The molecule has 0 radical (unpaired) electrons. The number of aromatic nitrogens is 5. The van der Waals surface area contributed by atoms with E-state index in [9.17, 15) is 0 Å². The van der Waals surface area contributed by atoms with Crippen molar-refractivity contribution in [3.05, 3.63) is 48.1 Å². The number of hydrogen-bond acceptors (Lipinski definition) is 7. The van der Waals surface area contributed by atoms with Gasteiger partial charge >= 0.3 is 0 Å². The van der Waals surface area contributed by atoms with Crippen molar-refractivity contribution in [1.29, 1.82) is 0 Å². The van der Waals surface area contributed by atoms with Crippen molar-refractivity contribution in [2.24, 2.45) is 0 Å². The first kappa shape index (κ1) is 18.4. The van der Waals surface area contributed by atoms with E-state index >= 15 is 0 Å². The Morgan fingerprint density at radius 2 is 2.00 bits per heavy atom. The first-order chi connectivity index (χ1) is 13.7. The Balaban J connectivity index is 1.58. The van der Waals surface area contributed by atoms with Gasteiger partial charge in [-0.15, -0.1) is 21.5 Å². The van der Waals surface area contributed by atoms with E-state index in [1.165, 1.54) is 0 Å². The van der Waals surface area contributed by atoms with Crippen LogP contribution in [-0.4, -0.2) is 38.4 Å². The van der Waals surface area contributed by atoms with E-state index in [-0.39, 0.29) is 0 Å². The average molecular weight is 395 g/mol. The zero-order valence-corrected chi connectivity index (χ0v) is 16.9.